The molecule has 1 aliphatic rings. The van der Waals surface area contributed by atoms with E-state index in [2.05, 4.69) is 37.1 Å². The number of likely N-dealkylation sites (N-methyl/N-ethyl adjacent to an activating group) is 1. The number of benzene rings is 1. The molecule has 0 saturated carbocycles. The van der Waals surface area contributed by atoms with Crippen LogP contribution >= 0.6 is 0 Å². The van der Waals surface area contributed by atoms with E-state index in [4.69, 9.17) is 4.74 Å². The number of carbonyl (C=O) groups excluding carboxylic acids is 1. The molecule has 134 valence electrons. The van der Waals surface area contributed by atoms with E-state index in [-0.39, 0.29) is 11.9 Å². The van der Waals surface area contributed by atoms with Gasteiger partial charge in [0.1, 0.15) is 5.75 Å². The van der Waals surface area contributed by atoms with Gasteiger partial charge in [0.05, 0.1) is 12.6 Å². The van der Waals surface area contributed by atoms with Crippen LogP contribution < -0.4 is 10.1 Å². The van der Waals surface area contributed by atoms with Crippen molar-refractivity contribution in [3.63, 3.8) is 0 Å². The highest BCUT2D eigenvalue weighted by atomic mass is 16.5. The lowest BCUT2D eigenvalue weighted by Crippen LogP contribution is -2.44. The first kappa shape index (κ1) is 18.8. The van der Waals surface area contributed by atoms with Gasteiger partial charge in [0.2, 0.25) is 5.91 Å². The third-order valence-corrected chi connectivity index (χ3v) is 4.81. The van der Waals surface area contributed by atoms with E-state index in [0.29, 0.717) is 0 Å². The minimum absolute atomic E-state index is 0.0463. The highest BCUT2D eigenvalue weighted by Gasteiger charge is 2.23. The molecule has 4 nitrogen and oxygen atoms in total. The summed E-state index contributed by atoms with van der Waals surface area (Å²) in [6.45, 7) is 9.00. The third kappa shape index (κ3) is 4.97. The van der Waals surface area contributed by atoms with Crippen molar-refractivity contribution in [1.82, 2.24) is 4.90 Å². The molecule has 0 saturated heterocycles. The van der Waals surface area contributed by atoms with Crippen LogP contribution in [0.15, 0.2) is 18.2 Å². The van der Waals surface area contributed by atoms with Crippen LogP contribution in [-0.4, -0.2) is 36.5 Å². The molecule has 1 aromatic carbocycles. The van der Waals surface area contributed by atoms with Crippen molar-refractivity contribution in [3.8, 4) is 5.75 Å². The molecule has 4 heteroatoms. The molecule has 1 aliphatic heterocycles. The Morgan fingerprint density at radius 1 is 1.25 bits per heavy atom. The number of amides is 1. The fraction of sp³-hybridized carbons (Fsp3) is 0.650. The van der Waals surface area contributed by atoms with Gasteiger partial charge in [-0.1, -0.05) is 33.6 Å². The van der Waals surface area contributed by atoms with Crippen molar-refractivity contribution in [2.24, 2.45) is 0 Å². The number of aryl methyl sites for hydroxylation is 1. The molecule has 1 heterocycles. The fourth-order valence-electron chi connectivity index (χ4n) is 3.36. The number of ether oxygens (including phenoxy) is 1. The average Bonchev–Trinajstić information content (AvgIpc) is 2.83. The Bertz CT molecular complexity index is 526. The second-order valence-electron chi connectivity index (χ2n) is 6.50. The van der Waals surface area contributed by atoms with Crippen LogP contribution in [0.5, 0.6) is 5.75 Å². The number of nitrogens with zero attached hydrogens (tertiary/aromatic N) is 1. The van der Waals surface area contributed by atoms with Crippen molar-refractivity contribution in [1.29, 1.82) is 0 Å². The lowest BCUT2D eigenvalue weighted by atomic mass is 10.1. The first-order valence-corrected chi connectivity index (χ1v) is 9.50. The summed E-state index contributed by atoms with van der Waals surface area (Å²) in [5, 5.41) is 3.13. The molecule has 0 fully saturated rings. The predicted molar refractivity (Wildman–Crippen MR) is 99.7 cm³/mol. The average molecular weight is 332 g/mol. The molecular formula is C20H32N2O2. The summed E-state index contributed by atoms with van der Waals surface area (Å²) in [6, 6.07) is 5.99. The number of anilines is 1. The molecule has 24 heavy (non-hydrogen) atoms. The van der Waals surface area contributed by atoms with Gasteiger partial charge in [-0.15, -0.1) is 0 Å². The fourth-order valence-corrected chi connectivity index (χ4v) is 3.36. The number of hydrogen-bond acceptors (Lipinski definition) is 3. The molecular weight excluding hydrogens is 300 g/mol. The van der Waals surface area contributed by atoms with E-state index in [1.807, 2.05) is 12.1 Å². The lowest BCUT2D eigenvalue weighted by molar-refractivity contribution is -0.121. The Morgan fingerprint density at radius 3 is 2.75 bits per heavy atom. The van der Waals surface area contributed by atoms with Crippen LogP contribution in [0, 0.1) is 0 Å². The van der Waals surface area contributed by atoms with Gasteiger partial charge in [0, 0.05) is 5.69 Å². The summed E-state index contributed by atoms with van der Waals surface area (Å²) < 4.78 is 5.76. The monoisotopic (exact) mass is 332 g/mol. The second-order valence-corrected chi connectivity index (χ2v) is 6.50. The summed E-state index contributed by atoms with van der Waals surface area (Å²) in [6.07, 6.45) is 6.36. The number of fused-ring (bicyclic) bond motifs is 1. The molecule has 2 rings (SSSR count). The molecule has 0 aliphatic carbocycles. The summed E-state index contributed by atoms with van der Waals surface area (Å²) >= 11 is 0. The molecule has 1 aromatic rings. The van der Waals surface area contributed by atoms with E-state index >= 15 is 0 Å². The van der Waals surface area contributed by atoms with Crippen molar-refractivity contribution < 1.29 is 9.53 Å². The number of hydrogen-bond donors (Lipinski definition) is 1. The molecule has 0 aromatic heterocycles. The van der Waals surface area contributed by atoms with Crippen LogP contribution in [0.1, 0.15) is 58.4 Å². The predicted octanol–water partition coefficient (Wildman–Crippen LogP) is 4.24. The Morgan fingerprint density at radius 2 is 2.04 bits per heavy atom. The number of unbranched alkanes of at least 4 members (excludes halogenated alkanes) is 1. The first-order chi connectivity index (χ1) is 11.7. The Labute approximate surface area is 146 Å². The third-order valence-electron chi connectivity index (χ3n) is 4.81. The van der Waals surface area contributed by atoms with Crippen LogP contribution in [0.25, 0.3) is 0 Å². The summed E-state index contributed by atoms with van der Waals surface area (Å²) in [5.41, 5.74) is 2.09. The highest BCUT2D eigenvalue weighted by Crippen LogP contribution is 2.27. The standard InChI is InChI=1S/C20H32N2O2/c1-4-7-11-18(22(5-2)6-3)20(23)21-17-12-13-19-16(15-17)10-8-9-14-24-19/h12-13,15,18H,4-11,14H2,1-3H3,(H,21,23). The maximum absolute atomic E-state index is 12.8. The minimum Gasteiger partial charge on any atom is -0.493 e. The van der Waals surface area contributed by atoms with Crippen LogP contribution in [-0.2, 0) is 11.2 Å². The number of nitrogens with one attached hydrogen (secondary N) is 1. The number of carbonyl (C=O) groups is 1. The quantitative estimate of drug-likeness (QED) is 0.774. The molecule has 1 unspecified atom stereocenters. The van der Waals surface area contributed by atoms with E-state index < -0.39 is 0 Å². The zero-order chi connectivity index (χ0) is 17.4. The maximum Gasteiger partial charge on any atom is 0.241 e. The Balaban J connectivity index is 2.09. The first-order valence-electron chi connectivity index (χ1n) is 9.50. The van der Waals surface area contributed by atoms with Crippen LogP contribution in [0.3, 0.4) is 0 Å². The van der Waals surface area contributed by atoms with Crippen LogP contribution in [0.4, 0.5) is 5.69 Å². The normalized spacial score (nSPS) is 15.3. The van der Waals surface area contributed by atoms with Gasteiger partial charge >= 0.3 is 0 Å². The molecule has 1 N–H and O–H groups in total. The van der Waals surface area contributed by atoms with Crippen molar-refractivity contribution in [3.05, 3.63) is 23.8 Å². The summed E-state index contributed by atoms with van der Waals surface area (Å²) in [5.74, 6) is 1.08. The van der Waals surface area contributed by atoms with Gasteiger partial charge in [-0.3, -0.25) is 9.69 Å². The molecule has 0 radical (unpaired) electrons. The summed E-state index contributed by atoms with van der Waals surface area (Å²) in [4.78, 5) is 15.1. The zero-order valence-corrected chi connectivity index (χ0v) is 15.4. The second kappa shape index (κ2) is 9.67. The van der Waals surface area contributed by atoms with Gasteiger partial charge < -0.3 is 10.1 Å². The molecule has 1 amide bonds. The van der Waals surface area contributed by atoms with Gasteiger partial charge in [0.25, 0.3) is 0 Å². The van der Waals surface area contributed by atoms with Gasteiger partial charge in [-0.25, -0.2) is 0 Å². The van der Waals surface area contributed by atoms with Crippen LogP contribution in [0.2, 0.25) is 0 Å². The van der Waals surface area contributed by atoms with Gasteiger partial charge in [-0.2, -0.15) is 0 Å². The molecule has 0 spiro atoms. The lowest BCUT2D eigenvalue weighted by Gasteiger charge is -2.28. The van der Waals surface area contributed by atoms with E-state index in [1.165, 1.54) is 5.56 Å². The van der Waals surface area contributed by atoms with Gasteiger partial charge in [0.15, 0.2) is 0 Å². The van der Waals surface area contributed by atoms with E-state index in [0.717, 1.165) is 69.7 Å². The maximum atomic E-state index is 12.8. The van der Waals surface area contributed by atoms with Gasteiger partial charge in [-0.05, 0) is 62.5 Å². The van der Waals surface area contributed by atoms with E-state index in [9.17, 15) is 4.79 Å². The van der Waals surface area contributed by atoms with E-state index in [1.54, 1.807) is 0 Å². The smallest absolute Gasteiger partial charge is 0.241 e. The van der Waals surface area contributed by atoms with Crippen molar-refractivity contribution in [2.75, 3.05) is 25.0 Å². The molecule has 0 bridgehead atoms. The zero-order valence-electron chi connectivity index (χ0n) is 15.4. The minimum atomic E-state index is -0.0463. The topological polar surface area (TPSA) is 41.6 Å². The Kier molecular flexibility index (Phi) is 7.57. The molecule has 1 atom stereocenters. The highest BCUT2D eigenvalue weighted by molar-refractivity contribution is 5.95. The number of rotatable bonds is 8. The summed E-state index contributed by atoms with van der Waals surface area (Å²) in [7, 11) is 0. The van der Waals surface area contributed by atoms with Crippen molar-refractivity contribution >= 4 is 11.6 Å². The SMILES string of the molecule is CCCCC(C(=O)Nc1ccc2c(c1)CCCCO2)N(CC)CC. The van der Waals surface area contributed by atoms with Crippen molar-refractivity contribution in [2.45, 2.75) is 65.3 Å². The largest absolute Gasteiger partial charge is 0.493 e. The Hall–Kier alpha value is -1.55.